The van der Waals surface area contributed by atoms with Crippen LogP contribution in [0.3, 0.4) is 0 Å². The Morgan fingerprint density at radius 1 is 1.36 bits per heavy atom. The van der Waals surface area contributed by atoms with Crippen molar-refractivity contribution >= 4 is 23.3 Å². The van der Waals surface area contributed by atoms with Crippen LogP contribution in [0.2, 0.25) is 0 Å². The third-order valence-electron chi connectivity index (χ3n) is 3.06. The van der Waals surface area contributed by atoms with E-state index in [0.717, 1.165) is 12.3 Å². The minimum absolute atomic E-state index is 0.285. The molecule has 1 amide bonds. The van der Waals surface area contributed by atoms with Crippen LogP contribution in [0, 0.1) is 0 Å². The summed E-state index contributed by atoms with van der Waals surface area (Å²) in [5.74, 6) is 0. The monoisotopic (exact) mass is 377 g/mol. The van der Waals surface area contributed by atoms with E-state index in [-0.39, 0.29) is 6.42 Å². The number of nitrogens with zero attached hydrogens (tertiary/aromatic N) is 1. The van der Waals surface area contributed by atoms with Gasteiger partial charge in [0.1, 0.15) is 11.3 Å². The van der Waals surface area contributed by atoms with Gasteiger partial charge in [-0.2, -0.15) is 13.2 Å². The van der Waals surface area contributed by atoms with Crippen molar-refractivity contribution in [1.29, 1.82) is 0 Å². The zero-order valence-electron chi connectivity index (χ0n) is 14.3. The molecule has 0 bridgehead atoms. The van der Waals surface area contributed by atoms with Gasteiger partial charge < -0.3 is 15.8 Å². The highest BCUT2D eigenvalue weighted by atomic mass is 32.1. The van der Waals surface area contributed by atoms with Crippen molar-refractivity contribution < 1.29 is 22.7 Å². The molecule has 1 heterocycles. The summed E-state index contributed by atoms with van der Waals surface area (Å²) in [4.78, 5) is 15.6. The maximum atomic E-state index is 12.6. The summed E-state index contributed by atoms with van der Waals surface area (Å²) in [6, 6.07) is 1.85. The second kappa shape index (κ2) is 8.46. The highest BCUT2D eigenvalue weighted by Crippen LogP contribution is 2.27. The molecule has 5 nitrogen and oxygen atoms in total. The molecular formula is C16H22F3N3O2S. The van der Waals surface area contributed by atoms with Crippen LogP contribution in [0.5, 0.6) is 0 Å². The fourth-order valence-corrected chi connectivity index (χ4v) is 2.13. The number of halogens is 3. The number of pyridine rings is 1. The third kappa shape index (κ3) is 8.67. The van der Waals surface area contributed by atoms with Gasteiger partial charge in [0.05, 0.1) is 4.99 Å². The summed E-state index contributed by atoms with van der Waals surface area (Å²) >= 11 is 4.83. The zero-order valence-corrected chi connectivity index (χ0v) is 15.1. The predicted octanol–water partition coefficient (Wildman–Crippen LogP) is 3.60. The van der Waals surface area contributed by atoms with E-state index in [4.69, 9.17) is 22.7 Å². The second-order valence-corrected chi connectivity index (χ2v) is 7.13. The lowest BCUT2D eigenvalue weighted by Crippen LogP contribution is -2.40. The standard InChI is InChI=1S/C16H22F3N3O2S/c1-15(2,3)24-14(23)22-11(5-7-13(20)25)8-10-4-6-12(21-9-10)16(17,18)19/h4,6,9,11H,5,7-8H2,1-3H3,(H2,20,25)(H,22,23)/t11-/m1/s1. The Kier molecular flexibility index (Phi) is 7.16. The number of carbonyl (C=O) groups excluding carboxylic acids is 1. The molecule has 1 aromatic heterocycles. The van der Waals surface area contributed by atoms with Crippen molar-refractivity contribution in [1.82, 2.24) is 10.3 Å². The van der Waals surface area contributed by atoms with Crippen molar-refractivity contribution in [3.05, 3.63) is 29.6 Å². The Morgan fingerprint density at radius 3 is 2.44 bits per heavy atom. The van der Waals surface area contributed by atoms with E-state index >= 15 is 0 Å². The van der Waals surface area contributed by atoms with Gasteiger partial charge in [-0.05, 0) is 51.7 Å². The van der Waals surface area contributed by atoms with Gasteiger partial charge in [-0.15, -0.1) is 0 Å². The molecular weight excluding hydrogens is 355 g/mol. The largest absolute Gasteiger partial charge is 0.444 e. The molecule has 0 aromatic carbocycles. The zero-order chi connectivity index (χ0) is 19.3. The van der Waals surface area contributed by atoms with Crippen molar-refractivity contribution in [3.8, 4) is 0 Å². The minimum Gasteiger partial charge on any atom is -0.444 e. The van der Waals surface area contributed by atoms with E-state index in [0.29, 0.717) is 23.4 Å². The first-order valence-corrected chi connectivity index (χ1v) is 8.07. The first kappa shape index (κ1) is 21.1. The molecule has 9 heteroatoms. The fraction of sp³-hybridized carbons (Fsp3) is 0.562. The average Bonchev–Trinajstić information content (AvgIpc) is 2.42. The van der Waals surface area contributed by atoms with E-state index in [2.05, 4.69) is 10.3 Å². The molecule has 140 valence electrons. The smallest absolute Gasteiger partial charge is 0.433 e. The number of ether oxygens (including phenoxy) is 1. The lowest BCUT2D eigenvalue weighted by Gasteiger charge is -2.23. The molecule has 0 saturated heterocycles. The number of thiocarbonyl (C=S) groups is 1. The number of alkyl halides is 3. The molecule has 0 aliphatic heterocycles. The summed E-state index contributed by atoms with van der Waals surface area (Å²) in [5, 5.41) is 2.70. The number of hydrogen-bond donors (Lipinski definition) is 2. The Labute approximate surface area is 150 Å². The van der Waals surface area contributed by atoms with Gasteiger partial charge in [0.25, 0.3) is 0 Å². The van der Waals surface area contributed by atoms with Crippen LogP contribution in [0.15, 0.2) is 18.3 Å². The molecule has 1 rings (SSSR count). The average molecular weight is 377 g/mol. The molecule has 0 unspecified atom stereocenters. The molecule has 0 spiro atoms. The first-order valence-electron chi connectivity index (χ1n) is 7.67. The summed E-state index contributed by atoms with van der Waals surface area (Å²) in [6.45, 7) is 5.20. The molecule has 1 aromatic rings. The predicted molar refractivity (Wildman–Crippen MR) is 92.1 cm³/mol. The molecule has 0 aliphatic carbocycles. The molecule has 0 radical (unpaired) electrons. The first-order chi connectivity index (χ1) is 11.4. The number of nitrogens with two attached hydrogens (primary N) is 1. The van der Waals surface area contributed by atoms with E-state index in [1.807, 2.05) is 0 Å². The Balaban J connectivity index is 2.79. The van der Waals surface area contributed by atoms with Gasteiger partial charge in [0.15, 0.2) is 0 Å². The van der Waals surface area contributed by atoms with Crippen LogP contribution >= 0.6 is 12.2 Å². The van der Waals surface area contributed by atoms with Crippen LogP contribution in [-0.4, -0.2) is 27.7 Å². The Hall–Kier alpha value is -1.90. The van der Waals surface area contributed by atoms with Crippen LogP contribution in [0.4, 0.5) is 18.0 Å². The summed E-state index contributed by atoms with van der Waals surface area (Å²) in [7, 11) is 0. The Morgan fingerprint density at radius 2 is 2.00 bits per heavy atom. The molecule has 25 heavy (non-hydrogen) atoms. The van der Waals surface area contributed by atoms with Crippen LogP contribution in [0.25, 0.3) is 0 Å². The third-order valence-corrected chi connectivity index (χ3v) is 3.26. The van der Waals surface area contributed by atoms with Crippen molar-refractivity contribution in [2.24, 2.45) is 5.73 Å². The van der Waals surface area contributed by atoms with Gasteiger partial charge in [0, 0.05) is 12.2 Å². The highest BCUT2D eigenvalue weighted by Gasteiger charge is 2.32. The number of rotatable bonds is 6. The van der Waals surface area contributed by atoms with Crippen molar-refractivity contribution in [2.45, 2.75) is 57.9 Å². The topological polar surface area (TPSA) is 77.2 Å². The fourth-order valence-electron chi connectivity index (χ4n) is 2.01. The van der Waals surface area contributed by atoms with Crippen LogP contribution in [-0.2, 0) is 17.3 Å². The van der Waals surface area contributed by atoms with Crippen LogP contribution in [0.1, 0.15) is 44.9 Å². The van der Waals surface area contributed by atoms with E-state index in [1.165, 1.54) is 6.07 Å². The number of nitrogens with one attached hydrogen (secondary N) is 1. The number of alkyl carbamates (subject to hydrolysis) is 1. The molecule has 0 fully saturated rings. The summed E-state index contributed by atoms with van der Waals surface area (Å²) < 4.78 is 42.9. The van der Waals surface area contributed by atoms with Crippen molar-refractivity contribution in [2.75, 3.05) is 0 Å². The van der Waals surface area contributed by atoms with Gasteiger partial charge in [-0.3, -0.25) is 4.98 Å². The second-order valence-electron chi connectivity index (χ2n) is 6.60. The molecule has 0 saturated carbocycles. The van der Waals surface area contributed by atoms with Crippen LogP contribution < -0.4 is 11.1 Å². The lowest BCUT2D eigenvalue weighted by atomic mass is 10.0. The SMILES string of the molecule is CC(C)(C)OC(=O)N[C@H](CCC(N)=S)Cc1ccc(C(F)(F)F)nc1. The van der Waals surface area contributed by atoms with E-state index < -0.39 is 29.6 Å². The molecule has 3 N–H and O–H groups in total. The van der Waals surface area contributed by atoms with Gasteiger partial charge in [0.2, 0.25) is 0 Å². The summed E-state index contributed by atoms with van der Waals surface area (Å²) in [5.41, 5.74) is 4.42. The quantitative estimate of drug-likeness (QED) is 0.741. The maximum absolute atomic E-state index is 12.6. The number of aromatic nitrogens is 1. The van der Waals surface area contributed by atoms with Gasteiger partial charge in [-0.25, -0.2) is 4.79 Å². The number of carbonyl (C=O) groups is 1. The normalized spacial score (nSPS) is 13.2. The number of hydrogen-bond acceptors (Lipinski definition) is 4. The van der Waals surface area contributed by atoms with E-state index in [1.54, 1.807) is 20.8 Å². The Bertz CT molecular complexity index is 598. The maximum Gasteiger partial charge on any atom is 0.433 e. The minimum atomic E-state index is -4.49. The van der Waals surface area contributed by atoms with Gasteiger partial charge in [-0.1, -0.05) is 18.3 Å². The van der Waals surface area contributed by atoms with E-state index in [9.17, 15) is 18.0 Å². The molecule has 1 atom stereocenters. The molecule has 0 aliphatic rings. The summed E-state index contributed by atoms with van der Waals surface area (Å²) in [6.07, 6.45) is -2.83. The van der Waals surface area contributed by atoms with Crippen molar-refractivity contribution in [3.63, 3.8) is 0 Å². The lowest BCUT2D eigenvalue weighted by molar-refractivity contribution is -0.141. The van der Waals surface area contributed by atoms with Gasteiger partial charge >= 0.3 is 12.3 Å². The highest BCUT2D eigenvalue weighted by molar-refractivity contribution is 7.80. The number of amides is 1.